The van der Waals surface area contributed by atoms with Gasteiger partial charge in [0.05, 0.1) is 17.5 Å². The number of ether oxygens (including phenoxy) is 1. The highest BCUT2D eigenvalue weighted by Gasteiger charge is 2.51. The van der Waals surface area contributed by atoms with E-state index < -0.39 is 10.8 Å². The molecule has 1 aromatic carbocycles. The van der Waals surface area contributed by atoms with Crippen molar-refractivity contribution in [1.82, 2.24) is 10.6 Å². The van der Waals surface area contributed by atoms with Crippen LogP contribution < -0.4 is 16.0 Å². The van der Waals surface area contributed by atoms with Crippen LogP contribution in [0.3, 0.4) is 0 Å². The van der Waals surface area contributed by atoms with Crippen molar-refractivity contribution in [2.24, 2.45) is 0 Å². The van der Waals surface area contributed by atoms with Gasteiger partial charge in [-0.1, -0.05) is 12.1 Å². The summed E-state index contributed by atoms with van der Waals surface area (Å²) < 4.78 is 4.90. The second kappa shape index (κ2) is 7.45. The summed E-state index contributed by atoms with van der Waals surface area (Å²) in [5.41, 5.74) is -0.0521. The van der Waals surface area contributed by atoms with Gasteiger partial charge in [0.2, 0.25) is 17.7 Å². The van der Waals surface area contributed by atoms with Crippen LogP contribution >= 0.6 is 11.8 Å². The quantitative estimate of drug-likeness (QED) is 0.626. The van der Waals surface area contributed by atoms with E-state index in [1.807, 2.05) is 24.3 Å². The van der Waals surface area contributed by atoms with E-state index in [0.717, 1.165) is 10.6 Å². The van der Waals surface area contributed by atoms with E-state index >= 15 is 0 Å². The van der Waals surface area contributed by atoms with Gasteiger partial charge in [-0.3, -0.25) is 14.4 Å². The van der Waals surface area contributed by atoms with Gasteiger partial charge in [0.15, 0.2) is 0 Å². The normalized spacial score (nSPS) is 20.2. The van der Waals surface area contributed by atoms with Gasteiger partial charge in [-0.2, -0.15) is 0 Å². The van der Waals surface area contributed by atoms with Gasteiger partial charge >= 0.3 is 0 Å². The predicted molar refractivity (Wildman–Crippen MR) is 94.3 cm³/mol. The number of hydrogen-bond donors (Lipinski definition) is 3. The molecule has 0 radical (unpaired) electrons. The summed E-state index contributed by atoms with van der Waals surface area (Å²) in [5.74, 6) is -0.663. The van der Waals surface area contributed by atoms with E-state index in [1.165, 1.54) is 11.8 Å². The average molecular weight is 363 g/mol. The Morgan fingerprint density at radius 2 is 2.12 bits per heavy atom. The predicted octanol–water partition coefficient (Wildman–Crippen LogP) is 0.901. The first kappa shape index (κ1) is 17.8. The van der Waals surface area contributed by atoms with Crippen LogP contribution in [-0.4, -0.2) is 48.8 Å². The Hall–Kier alpha value is -2.06. The Morgan fingerprint density at radius 3 is 2.84 bits per heavy atom. The molecule has 1 aromatic rings. The first-order valence-electron chi connectivity index (χ1n) is 8.19. The van der Waals surface area contributed by atoms with Crippen LogP contribution in [0.5, 0.6) is 0 Å². The maximum Gasteiger partial charge on any atom is 0.245 e. The van der Waals surface area contributed by atoms with Crippen LogP contribution in [0.15, 0.2) is 29.2 Å². The number of carbonyl (C=O) groups is 3. The number of anilines is 1. The molecule has 25 heavy (non-hydrogen) atoms. The van der Waals surface area contributed by atoms with Crippen LogP contribution in [0.2, 0.25) is 0 Å². The van der Waals surface area contributed by atoms with Crippen LogP contribution in [0.1, 0.15) is 19.3 Å². The standard InChI is InChI=1S/C17H21N3O4S/c1-24-9-8-18-16(23)17(6-7-17)20-14(21)10-13-15(22)19-11-4-2-3-5-12(11)25-13/h2-5,13H,6-10H2,1H3,(H,18,23)(H,19,22)(H,20,21). The molecule has 1 atom stereocenters. The zero-order valence-electron chi connectivity index (χ0n) is 14.0. The molecule has 0 bridgehead atoms. The van der Waals surface area contributed by atoms with Crippen molar-refractivity contribution in [2.45, 2.75) is 34.9 Å². The number of methoxy groups -OCH3 is 1. The van der Waals surface area contributed by atoms with Gasteiger partial charge < -0.3 is 20.7 Å². The summed E-state index contributed by atoms with van der Waals surface area (Å²) in [6.07, 6.45) is 1.27. The zero-order valence-corrected chi connectivity index (χ0v) is 14.8. The number of hydrogen-bond acceptors (Lipinski definition) is 5. The SMILES string of the molecule is COCCNC(=O)C1(NC(=O)CC2Sc3ccccc3NC2=O)CC1. The van der Waals surface area contributed by atoms with Crippen molar-refractivity contribution in [3.8, 4) is 0 Å². The van der Waals surface area contributed by atoms with Crippen molar-refractivity contribution in [2.75, 3.05) is 25.6 Å². The minimum absolute atomic E-state index is 0.0396. The number of nitrogens with one attached hydrogen (secondary N) is 3. The molecular weight excluding hydrogens is 342 g/mol. The first-order valence-corrected chi connectivity index (χ1v) is 9.07. The van der Waals surface area contributed by atoms with Crippen molar-refractivity contribution >= 4 is 35.2 Å². The molecule has 0 aromatic heterocycles. The van der Waals surface area contributed by atoms with Crippen molar-refractivity contribution < 1.29 is 19.1 Å². The Kier molecular flexibility index (Phi) is 5.29. The Bertz CT molecular complexity index is 690. The largest absolute Gasteiger partial charge is 0.383 e. The summed E-state index contributed by atoms with van der Waals surface area (Å²) in [5, 5.41) is 7.87. The number of para-hydroxylation sites is 1. The van der Waals surface area contributed by atoms with Gasteiger partial charge in [0.25, 0.3) is 0 Å². The summed E-state index contributed by atoms with van der Waals surface area (Å²) in [6, 6.07) is 7.49. The van der Waals surface area contributed by atoms with Crippen molar-refractivity contribution in [3.05, 3.63) is 24.3 Å². The fourth-order valence-electron chi connectivity index (χ4n) is 2.68. The number of benzene rings is 1. The summed E-state index contributed by atoms with van der Waals surface area (Å²) in [6.45, 7) is 0.832. The van der Waals surface area contributed by atoms with E-state index in [1.54, 1.807) is 7.11 Å². The number of amides is 3. The van der Waals surface area contributed by atoms with E-state index in [4.69, 9.17) is 4.74 Å². The lowest BCUT2D eigenvalue weighted by atomic mass is 10.2. The maximum absolute atomic E-state index is 12.3. The summed E-state index contributed by atoms with van der Waals surface area (Å²) in [4.78, 5) is 37.7. The molecule has 1 heterocycles. The van der Waals surface area contributed by atoms with Gasteiger partial charge in [-0.15, -0.1) is 11.8 Å². The van der Waals surface area contributed by atoms with Crippen molar-refractivity contribution in [3.63, 3.8) is 0 Å². The Morgan fingerprint density at radius 1 is 1.36 bits per heavy atom. The van der Waals surface area contributed by atoms with Gasteiger partial charge in [0, 0.05) is 25.0 Å². The third-order valence-electron chi connectivity index (χ3n) is 4.23. The van der Waals surface area contributed by atoms with Gasteiger partial charge in [-0.05, 0) is 25.0 Å². The number of fused-ring (bicyclic) bond motifs is 1. The zero-order chi connectivity index (χ0) is 17.9. The minimum atomic E-state index is -0.821. The topological polar surface area (TPSA) is 96.5 Å². The molecular formula is C17H21N3O4S. The highest BCUT2D eigenvalue weighted by molar-refractivity contribution is 8.01. The Balaban J connectivity index is 1.54. The molecule has 1 aliphatic carbocycles. The molecule has 3 amide bonds. The number of rotatable bonds is 7. The lowest BCUT2D eigenvalue weighted by molar-refractivity contribution is -0.130. The number of carbonyl (C=O) groups excluding carboxylic acids is 3. The molecule has 1 unspecified atom stereocenters. The molecule has 1 aliphatic heterocycles. The summed E-state index contributed by atoms with van der Waals surface area (Å²) >= 11 is 1.38. The van der Waals surface area contributed by atoms with Gasteiger partial charge in [-0.25, -0.2) is 0 Å². The highest BCUT2D eigenvalue weighted by Crippen LogP contribution is 2.38. The lowest BCUT2D eigenvalue weighted by Crippen LogP contribution is -2.50. The second-order valence-corrected chi connectivity index (χ2v) is 7.42. The highest BCUT2D eigenvalue weighted by atomic mass is 32.2. The average Bonchev–Trinajstić information content (AvgIpc) is 3.36. The monoisotopic (exact) mass is 363 g/mol. The first-order chi connectivity index (χ1) is 12.0. The van der Waals surface area contributed by atoms with E-state index in [0.29, 0.717) is 26.0 Å². The van der Waals surface area contributed by atoms with Crippen molar-refractivity contribution in [1.29, 1.82) is 0 Å². The fraction of sp³-hybridized carbons (Fsp3) is 0.471. The number of thioether (sulfide) groups is 1. The van der Waals surface area contributed by atoms with Crippen LogP contribution in [0.4, 0.5) is 5.69 Å². The fourth-order valence-corrected chi connectivity index (χ4v) is 3.79. The smallest absolute Gasteiger partial charge is 0.245 e. The molecule has 1 saturated carbocycles. The molecule has 0 spiro atoms. The van der Waals surface area contributed by atoms with Crippen LogP contribution in [0, 0.1) is 0 Å². The van der Waals surface area contributed by atoms with E-state index in [9.17, 15) is 14.4 Å². The van der Waals surface area contributed by atoms with Gasteiger partial charge in [0.1, 0.15) is 5.54 Å². The third-order valence-corrected chi connectivity index (χ3v) is 5.51. The second-order valence-electron chi connectivity index (χ2n) is 6.18. The Labute approximate surface area is 150 Å². The molecule has 1 fully saturated rings. The molecule has 134 valence electrons. The van der Waals surface area contributed by atoms with E-state index in [-0.39, 0.29) is 24.1 Å². The molecule has 3 rings (SSSR count). The molecule has 2 aliphatic rings. The van der Waals surface area contributed by atoms with E-state index in [2.05, 4.69) is 16.0 Å². The molecule has 7 nitrogen and oxygen atoms in total. The molecule has 8 heteroatoms. The third kappa shape index (κ3) is 4.13. The maximum atomic E-state index is 12.3. The van der Waals surface area contributed by atoms with Crippen LogP contribution in [0.25, 0.3) is 0 Å². The lowest BCUT2D eigenvalue weighted by Gasteiger charge is -2.24. The summed E-state index contributed by atoms with van der Waals surface area (Å²) in [7, 11) is 1.56. The molecule has 3 N–H and O–H groups in total. The molecule has 0 saturated heterocycles. The van der Waals surface area contributed by atoms with Crippen LogP contribution in [-0.2, 0) is 19.1 Å². The minimum Gasteiger partial charge on any atom is -0.383 e.